The monoisotopic (exact) mass is 434 g/mol. The predicted molar refractivity (Wildman–Crippen MR) is 145 cm³/mol. The van der Waals surface area contributed by atoms with E-state index in [0.717, 1.165) is 6.42 Å². The van der Waals surface area contributed by atoms with Gasteiger partial charge in [-0.2, -0.15) is 0 Å². The van der Waals surface area contributed by atoms with E-state index in [2.05, 4.69) is 128 Å². The van der Waals surface area contributed by atoms with Crippen LogP contribution in [0.15, 0.2) is 72.8 Å². The van der Waals surface area contributed by atoms with Gasteiger partial charge in [-0.3, -0.25) is 0 Å². The fourth-order valence-electron chi connectivity index (χ4n) is 4.86. The lowest BCUT2D eigenvalue weighted by Gasteiger charge is -2.07. The van der Waals surface area contributed by atoms with Crippen molar-refractivity contribution < 1.29 is 0 Å². The Bertz CT molecular complexity index is 1080. The molecule has 0 saturated carbocycles. The van der Waals surface area contributed by atoms with E-state index in [1.165, 1.54) is 66.8 Å². The summed E-state index contributed by atoms with van der Waals surface area (Å²) in [5.41, 5.74) is 16.2. The fourth-order valence-corrected chi connectivity index (χ4v) is 4.86. The van der Waals surface area contributed by atoms with E-state index in [1.807, 2.05) is 0 Å². The molecule has 0 radical (unpaired) electrons. The van der Waals surface area contributed by atoms with Crippen molar-refractivity contribution >= 4 is 0 Å². The quantitative estimate of drug-likeness (QED) is 0.301. The van der Waals surface area contributed by atoms with Crippen molar-refractivity contribution in [3.8, 4) is 11.1 Å². The van der Waals surface area contributed by atoms with E-state index >= 15 is 0 Å². The van der Waals surface area contributed by atoms with E-state index in [-0.39, 0.29) is 0 Å². The molecule has 170 valence electrons. The zero-order chi connectivity index (χ0) is 24.1. The van der Waals surface area contributed by atoms with Gasteiger partial charge in [0.2, 0.25) is 0 Å². The van der Waals surface area contributed by atoms with Crippen LogP contribution in [0.4, 0.5) is 0 Å². The van der Waals surface area contributed by atoms with E-state index in [9.17, 15) is 0 Å². The number of benzene rings is 4. The Balaban J connectivity index is 0.000000186. The molecule has 0 fully saturated rings. The molecule has 0 spiro atoms. The lowest BCUT2D eigenvalue weighted by molar-refractivity contribution is 1.15. The highest BCUT2D eigenvalue weighted by Gasteiger charge is 2.02. The summed E-state index contributed by atoms with van der Waals surface area (Å²) >= 11 is 0. The van der Waals surface area contributed by atoms with Crippen LogP contribution in [0.5, 0.6) is 0 Å². The lowest BCUT2D eigenvalue weighted by atomic mass is 9.98. The van der Waals surface area contributed by atoms with Crippen LogP contribution >= 0.6 is 0 Å². The van der Waals surface area contributed by atoms with Crippen LogP contribution in [0.1, 0.15) is 55.6 Å². The third-order valence-corrected chi connectivity index (χ3v) is 5.75. The van der Waals surface area contributed by atoms with Crippen molar-refractivity contribution in [3.05, 3.63) is 128 Å². The van der Waals surface area contributed by atoms with Crippen LogP contribution in [0.3, 0.4) is 0 Å². The summed E-state index contributed by atoms with van der Waals surface area (Å²) < 4.78 is 0. The van der Waals surface area contributed by atoms with Crippen LogP contribution in [0.25, 0.3) is 11.1 Å². The molecule has 0 nitrogen and oxygen atoms in total. The van der Waals surface area contributed by atoms with Crippen molar-refractivity contribution in [1.29, 1.82) is 0 Å². The van der Waals surface area contributed by atoms with Gasteiger partial charge in [0.15, 0.2) is 0 Å². The Labute approximate surface area is 201 Å². The summed E-state index contributed by atoms with van der Waals surface area (Å²) in [5, 5.41) is 0. The molecule has 4 aromatic rings. The van der Waals surface area contributed by atoms with Gasteiger partial charge in [-0.1, -0.05) is 117 Å². The number of aryl methyl sites for hydroxylation is 8. The smallest absolute Gasteiger partial charge is 0.00254 e. The maximum Gasteiger partial charge on any atom is -0.00254 e. The predicted octanol–water partition coefficient (Wildman–Crippen LogP) is 9.10. The summed E-state index contributed by atoms with van der Waals surface area (Å²) in [7, 11) is 0. The highest BCUT2D eigenvalue weighted by Crippen LogP contribution is 2.24. The minimum atomic E-state index is 1.03. The molecular formula is C33H38. The summed E-state index contributed by atoms with van der Waals surface area (Å²) in [4.78, 5) is 0. The molecule has 4 rings (SSSR count). The summed E-state index contributed by atoms with van der Waals surface area (Å²) in [6.07, 6.45) is 1.03. The topological polar surface area (TPSA) is 0 Å². The van der Waals surface area contributed by atoms with E-state index in [1.54, 1.807) is 0 Å². The van der Waals surface area contributed by atoms with Crippen LogP contribution < -0.4 is 0 Å². The van der Waals surface area contributed by atoms with Gasteiger partial charge in [-0.25, -0.2) is 0 Å². The molecule has 0 heterocycles. The Morgan fingerprint density at radius 2 is 0.515 bits per heavy atom. The fraction of sp³-hybridized carbons (Fsp3) is 0.273. The van der Waals surface area contributed by atoms with Crippen LogP contribution in [0, 0.1) is 55.4 Å². The average molecular weight is 435 g/mol. The zero-order valence-corrected chi connectivity index (χ0v) is 21.6. The number of hydrogen-bond donors (Lipinski definition) is 0. The minimum Gasteiger partial charge on any atom is -0.0564 e. The molecular weight excluding hydrogens is 396 g/mol. The molecule has 0 aliphatic rings. The third-order valence-electron chi connectivity index (χ3n) is 5.75. The van der Waals surface area contributed by atoms with Crippen molar-refractivity contribution in [1.82, 2.24) is 0 Å². The zero-order valence-electron chi connectivity index (χ0n) is 21.6. The SMILES string of the molecule is Cc1cc(C)cc(-c2cc(C)cc(C)c2)c1.Cc1cc(C)cc(Cc2cc(C)cc(C)c2)c1. The molecule has 0 amide bonds. The molecule has 0 aliphatic carbocycles. The molecule has 0 aliphatic heterocycles. The molecule has 0 unspecified atom stereocenters. The Hall–Kier alpha value is -3.12. The summed E-state index contributed by atoms with van der Waals surface area (Å²) in [6, 6.07) is 27.0. The second kappa shape index (κ2) is 10.7. The highest BCUT2D eigenvalue weighted by atomic mass is 14.1. The normalized spacial score (nSPS) is 10.5. The van der Waals surface area contributed by atoms with E-state index in [4.69, 9.17) is 0 Å². The Kier molecular flexibility index (Phi) is 7.92. The Morgan fingerprint density at radius 1 is 0.303 bits per heavy atom. The van der Waals surface area contributed by atoms with Crippen LogP contribution in [-0.4, -0.2) is 0 Å². The number of hydrogen-bond acceptors (Lipinski definition) is 0. The van der Waals surface area contributed by atoms with Gasteiger partial charge in [0, 0.05) is 0 Å². The molecule has 0 atom stereocenters. The van der Waals surface area contributed by atoms with Crippen molar-refractivity contribution in [2.75, 3.05) is 0 Å². The average Bonchev–Trinajstić information content (AvgIpc) is 2.65. The van der Waals surface area contributed by atoms with Gasteiger partial charge >= 0.3 is 0 Å². The first-order valence-corrected chi connectivity index (χ1v) is 11.9. The molecule has 0 heteroatoms. The molecule has 33 heavy (non-hydrogen) atoms. The summed E-state index contributed by atoms with van der Waals surface area (Å²) in [5.74, 6) is 0. The molecule has 4 aromatic carbocycles. The largest absolute Gasteiger partial charge is 0.0564 e. The third kappa shape index (κ3) is 7.46. The Morgan fingerprint density at radius 3 is 0.758 bits per heavy atom. The van der Waals surface area contributed by atoms with Gasteiger partial charge in [-0.05, 0) is 84.1 Å². The van der Waals surface area contributed by atoms with Gasteiger partial charge in [0.05, 0.1) is 0 Å². The first-order valence-electron chi connectivity index (χ1n) is 11.9. The second-order valence-electron chi connectivity index (χ2n) is 9.92. The molecule has 0 aromatic heterocycles. The summed E-state index contributed by atoms with van der Waals surface area (Å²) in [6.45, 7) is 17.3. The first-order chi connectivity index (χ1) is 15.6. The van der Waals surface area contributed by atoms with Crippen molar-refractivity contribution in [2.45, 2.75) is 61.8 Å². The van der Waals surface area contributed by atoms with Crippen molar-refractivity contribution in [2.24, 2.45) is 0 Å². The van der Waals surface area contributed by atoms with Gasteiger partial charge in [0.25, 0.3) is 0 Å². The maximum atomic E-state index is 2.28. The van der Waals surface area contributed by atoms with Gasteiger partial charge < -0.3 is 0 Å². The highest BCUT2D eigenvalue weighted by molar-refractivity contribution is 5.66. The van der Waals surface area contributed by atoms with E-state index < -0.39 is 0 Å². The molecule has 0 bridgehead atoms. The standard InChI is InChI=1S/C17H20.C16H18/c1-12-5-13(2)8-16(7-12)11-17-9-14(3)6-15(4)10-17;1-11-5-12(2)8-15(7-11)16-9-13(3)6-14(4)10-16/h5-10H,11H2,1-4H3;5-10H,1-4H3. The molecule has 0 N–H and O–H groups in total. The van der Waals surface area contributed by atoms with Crippen LogP contribution in [-0.2, 0) is 6.42 Å². The second-order valence-corrected chi connectivity index (χ2v) is 9.92. The number of rotatable bonds is 3. The van der Waals surface area contributed by atoms with Crippen molar-refractivity contribution in [3.63, 3.8) is 0 Å². The van der Waals surface area contributed by atoms with E-state index in [0.29, 0.717) is 0 Å². The first kappa shape index (κ1) is 24.5. The minimum absolute atomic E-state index is 1.03. The molecule has 0 saturated heterocycles. The van der Waals surface area contributed by atoms with Gasteiger partial charge in [0.1, 0.15) is 0 Å². The van der Waals surface area contributed by atoms with Gasteiger partial charge in [-0.15, -0.1) is 0 Å². The maximum absolute atomic E-state index is 2.28. The lowest BCUT2D eigenvalue weighted by Crippen LogP contribution is -1.92. The van der Waals surface area contributed by atoms with Crippen LogP contribution in [0.2, 0.25) is 0 Å².